The van der Waals surface area contributed by atoms with Crippen LogP contribution in [0.2, 0.25) is 0 Å². The fourth-order valence-electron chi connectivity index (χ4n) is 1.39. The van der Waals surface area contributed by atoms with Crippen LogP contribution >= 0.6 is 11.8 Å². The minimum Gasteiger partial charge on any atom is -0.450 e. The number of ether oxygens (including phenoxy) is 1. The molecule has 4 heteroatoms. The van der Waals surface area contributed by atoms with Gasteiger partial charge in [-0.1, -0.05) is 13.0 Å². The first-order valence-electron chi connectivity index (χ1n) is 5.24. The molecule has 1 atom stereocenters. The van der Waals surface area contributed by atoms with E-state index in [-0.39, 0.29) is 17.2 Å². The predicted molar refractivity (Wildman–Crippen MR) is 61.0 cm³/mol. The number of rotatable bonds is 2. The summed E-state index contributed by atoms with van der Waals surface area (Å²) in [6.45, 7) is 1.91. The SMILES string of the molecule is CCSC(=O)OC1/C=C/CCC(=O)CC1. The lowest BCUT2D eigenvalue weighted by Crippen LogP contribution is -2.16. The Bertz CT molecular complexity index is 261. The van der Waals surface area contributed by atoms with Gasteiger partial charge in [0.05, 0.1) is 0 Å². The van der Waals surface area contributed by atoms with Gasteiger partial charge in [0.15, 0.2) is 0 Å². The monoisotopic (exact) mass is 228 g/mol. The van der Waals surface area contributed by atoms with Crippen LogP contribution in [0.25, 0.3) is 0 Å². The van der Waals surface area contributed by atoms with Crippen LogP contribution in [0.5, 0.6) is 0 Å². The highest BCUT2D eigenvalue weighted by atomic mass is 32.2. The minimum absolute atomic E-state index is 0.221. The molecule has 1 aliphatic carbocycles. The third kappa shape index (κ3) is 5.02. The highest BCUT2D eigenvalue weighted by molar-refractivity contribution is 8.13. The van der Waals surface area contributed by atoms with Crippen molar-refractivity contribution in [3.63, 3.8) is 0 Å². The van der Waals surface area contributed by atoms with Crippen molar-refractivity contribution in [1.29, 1.82) is 0 Å². The van der Waals surface area contributed by atoms with Crippen LogP contribution in [0.3, 0.4) is 0 Å². The van der Waals surface area contributed by atoms with E-state index in [1.807, 2.05) is 19.1 Å². The van der Waals surface area contributed by atoms with Crippen molar-refractivity contribution >= 4 is 22.8 Å². The predicted octanol–water partition coefficient (Wildman–Crippen LogP) is 2.94. The summed E-state index contributed by atoms with van der Waals surface area (Å²) < 4.78 is 5.20. The van der Waals surface area contributed by atoms with Gasteiger partial charge in [0, 0.05) is 18.6 Å². The lowest BCUT2D eigenvalue weighted by atomic mass is 10.0. The van der Waals surface area contributed by atoms with Crippen molar-refractivity contribution in [2.45, 2.75) is 38.7 Å². The van der Waals surface area contributed by atoms with Crippen LogP contribution in [-0.2, 0) is 9.53 Å². The van der Waals surface area contributed by atoms with E-state index in [1.165, 1.54) is 0 Å². The van der Waals surface area contributed by atoms with Crippen molar-refractivity contribution in [3.8, 4) is 0 Å². The van der Waals surface area contributed by atoms with Crippen LogP contribution in [0.1, 0.15) is 32.6 Å². The van der Waals surface area contributed by atoms with Gasteiger partial charge in [0.1, 0.15) is 11.9 Å². The standard InChI is InChI=1S/C11H16O3S/c1-2-15-11(13)14-10-6-4-3-5-9(12)7-8-10/h4,6,10H,2-3,5,7-8H2,1H3/b6-4+. The molecule has 1 unspecified atom stereocenters. The van der Waals surface area contributed by atoms with Gasteiger partial charge in [-0.15, -0.1) is 0 Å². The molecule has 0 amide bonds. The quantitative estimate of drug-likeness (QED) is 0.538. The summed E-state index contributed by atoms with van der Waals surface area (Å²) >= 11 is 1.16. The molecule has 0 aromatic heterocycles. The minimum atomic E-state index is -0.250. The summed E-state index contributed by atoms with van der Waals surface area (Å²) in [6.07, 6.45) is 6.09. The molecule has 0 heterocycles. The summed E-state index contributed by atoms with van der Waals surface area (Å²) in [4.78, 5) is 22.4. The molecule has 0 radical (unpaired) electrons. The summed E-state index contributed by atoms with van der Waals surface area (Å²) in [5, 5.41) is -0.250. The second-order valence-corrected chi connectivity index (χ2v) is 4.58. The van der Waals surface area contributed by atoms with E-state index in [0.717, 1.165) is 18.2 Å². The Kier molecular flexibility index (Phi) is 5.47. The molecular formula is C11H16O3S. The zero-order valence-corrected chi connectivity index (χ0v) is 9.72. The fourth-order valence-corrected chi connectivity index (χ4v) is 1.82. The summed E-state index contributed by atoms with van der Waals surface area (Å²) in [5.41, 5.74) is 0. The molecule has 1 aliphatic rings. The number of allylic oxidation sites excluding steroid dienone is 1. The Hall–Kier alpha value is -0.770. The number of hydrogen-bond donors (Lipinski definition) is 0. The molecular weight excluding hydrogens is 212 g/mol. The maximum Gasteiger partial charge on any atom is 0.367 e. The number of carbonyl (C=O) groups is 2. The van der Waals surface area contributed by atoms with Crippen molar-refractivity contribution in [2.24, 2.45) is 0 Å². The Morgan fingerprint density at radius 1 is 1.60 bits per heavy atom. The second kappa shape index (κ2) is 6.67. The van der Waals surface area contributed by atoms with E-state index in [1.54, 1.807) is 0 Å². The molecule has 0 N–H and O–H groups in total. The zero-order chi connectivity index (χ0) is 11.1. The van der Waals surface area contributed by atoms with Crippen LogP contribution < -0.4 is 0 Å². The number of Topliss-reactive ketones (excluding diaryl/α,β-unsaturated/α-hetero) is 1. The highest BCUT2D eigenvalue weighted by Crippen LogP contribution is 2.15. The van der Waals surface area contributed by atoms with Crippen LogP contribution in [0.15, 0.2) is 12.2 Å². The van der Waals surface area contributed by atoms with Gasteiger partial charge in [-0.25, -0.2) is 4.79 Å². The van der Waals surface area contributed by atoms with Gasteiger partial charge in [-0.2, -0.15) is 0 Å². The smallest absolute Gasteiger partial charge is 0.367 e. The van der Waals surface area contributed by atoms with Gasteiger partial charge in [-0.3, -0.25) is 4.79 Å². The number of hydrogen-bond acceptors (Lipinski definition) is 4. The summed E-state index contributed by atoms with van der Waals surface area (Å²) in [6, 6.07) is 0. The van der Waals surface area contributed by atoms with E-state index in [9.17, 15) is 9.59 Å². The van der Waals surface area contributed by atoms with Gasteiger partial charge in [-0.05, 0) is 30.7 Å². The lowest BCUT2D eigenvalue weighted by molar-refractivity contribution is -0.119. The van der Waals surface area contributed by atoms with Crippen LogP contribution in [0.4, 0.5) is 4.79 Å². The maximum absolute atomic E-state index is 11.2. The molecule has 0 aromatic carbocycles. The van der Waals surface area contributed by atoms with Gasteiger partial charge in [0.25, 0.3) is 0 Å². The topological polar surface area (TPSA) is 43.4 Å². The molecule has 84 valence electrons. The first-order valence-corrected chi connectivity index (χ1v) is 6.22. The first-order chi connectivity index (χ1) is 7.22. The summed E-state index contributed by atoms with van der Waals surface area (Å²) in [7, 11) is 0. The number of ketones is 1. The van der Waals surface area contributed by atoms with E-state index >= 15 is 0 Å². The van der Waals surface area contributed by atoms with Crippen molar-refractivity contribution < 1.29 is 14.3 Å². The normalized spacial score (nSPS) is 24.1. The largest absolute Gasteiger partial charge is 0.450 e. The van der Waals surface area contributed by atoms with E-state index in [2.05, 4.69) is 0 Å². The molecule has 0 fully saturated rings. The van der Waals surface area contributed by atoms with Crippen molar-refractivity contribution in [1.82, 2.24) is 0 Å². The molecule has 0 saturated heterocycles. The lowest BCUT2D eigenvalue weighted by Gasteiger charge is -2.15. The zero-order valence-electron chi connectivity index (χ0n) is 8.90. The molecule has 0 saturated carbocycles. The van der Waals surface area contributed by atoms with Gasteiger partial charge < -0.3 is 4.74 Å². The molecule has 1 rings (SSSR count). The third-order valence-corrected chi connectivity index (χ3v) is 2.78. The van der Waals surface area contributed by atoms with Crippen molar-refractivity contribution in [2.75, 3.05) is 5.75 Å². The summed E-state index contributed by atoms with van der Waals surface area (Å²) in [5.74, 6) is 0.970. The van der Waals surface area contributed by atoms with Crippen LogP contribution in [-0.4, -0.2) is 22.9 Å². The Morgan fingerprint density at radius 2 is 2.40 bits per heavy atom. The first kappa shape index (κ1) is 12.3. The maximum atomic E-state index is 11.2. The molecule has 15 heavy (non-hydrogen) atoms. The highest BCUT2D eigenvalue weighted by Gasteiger charge is 2.15. The Balaban J connectivity index is 2.42. The Morgan fingerprint density at radius 3 is 3.13 bits per heavy atom. The number of thioether (sulfide) groups is 1. The van der Waals surface area contributed by atoms with Gasteiger partial charge >= 0.3 is 5.30 Å². The second-order valence-electron chi connectivity index (χ2n) is 3.38. The van der Waals surface area contributed by atoms with E-state index in [4.69, 9.17) is 4.74 Å². The molecule has 0 spiro atoms. The van der Waals surface area contributed by atoms with Crippen LogP contribution in [0, 0.1) is 0 Å². The fraction of sp³-hybridized carbons (Fsp3) is 0.636. The Labute approximate surface area is 94.3 Å². The third-order valence-electron chi connectivity index (χ3n) is 2.16. The van der Waals surface area contributed by atoms with E-state index < -0.39 is 0 Å². The average molecular weight is 228 g/mol. The molecule has 3 nitrogen and oxygen atoms in total. The molecule has 0 aliphatic heterocycles. The molecule has 0 bridgehead atoms. The molecule has 0 aromatic rings. The average Bonchev–Trinajstić information content (AvgIpc) is 2.17. The van der Waals surface area contributed by atoms with E-state index in [0.29, 0.717) is 25.0 Å². The van der Waals surface area contributed by atoms with Gasteiger partial charge in [0.2, 0.25) is 0 Å². The number of carbonyl (C=O) groups excluding carboxylic acids is 2. The van der Waals surface area contributed by atoms with Crippen molar-refractivity contribution in [3.05, 3.63) is 12.2 Å².